The first-order chi connectivity index (χ1) is 7.47. The number of nitrogens with one attached hydrogen (secondary N) is 1. The predicted molar refractivity (Wildman–Crippen MR) is 64.2 cm³/mol. The van der Waals surface area contributed by atoms with Crippen LogP contribution in [0, 0.1) is 5.92 Å². The summed E-state index contributed by atoms with van der Waals surface area (Å²) in [7, 11) is -2.92. The number of hydrogen-bond acceptors (Lipinski definition) is 4. The Morgan fingerprint density at radius 1 is 1.44 bits per heavy atom. The fourth-order valence-corrected chi connectivity index (χ4v) is 2.72. The third kappa shape index (κ3) is 6.23. The first-order valence-corrected chi connectivity index (χ1v) is 7.93. The van der Waals surface area contributed by atoms with Crippen LogP contribution in [0.2, 0.25) is 0 Å². The molecule has 94 valence electrons. The van der Waals surface area contributed by atoms with Gasteiger partial charge in [0, 0.05) is 19.1 Å². The first kappa shape index (κ1) is 13.6. The molecular weight excluding hydrogens is 226 g/mol. The lowest BCUT2D eigenvalue weighted by atomic mass is 9.93. The van der Waals surface area contributed by atoms with Crippen LogP contribution in [0.1, 0.15) is 32.1 Å². The molecule has 0 aromatic rings. The van der Waals surface area contributed by atoms with Crippen LogP contribution in [-0.4, -0.2) is 39.3 Å². The highest BCUT2D eigenvalue weighted by Crippen LogP contribution is 2.15. The van der Waals surface area contributed by atoms with Crippen molar-refractivity contribution in [2.75, 3.05) is 25.1 Å². The van der Waals surface area contributed by atoms with E-state index in [9.17, 15) is 13.2 Å². The fourth-order valence-electron chi connectivity index (χ4n) is 2.05. The maximum absolute atomic E-state index is 11.6. The molecule has 0 aromatic carbocycles. The lowest BCUT2D eigenvalue weighted by Gasteiger charge is -2.21. The third-order valence-corrected chi connectivity index (χ3v) is 3.92. The van der Waals surface area contributed by atoms with Crippen molar-refractivity contribution < 1.29 is 13.2 Å². The average molecular weight is 247 g/mol. The summed E-state index contributed by atoms with van der Waals surface area (Å²) < 4.78 is 21.8. The average Bonchev–Trinajstić information content (AvgIpc) is 2.17. The van der Waals surface area contributed by atoms with Crippen LogP contribution in [0.15, 0.2) is 0 Å². The molecule has 1 rings (SSSR count). The summed E-state index contributed by atoms with van der Waals surface area (Å²) in [5.41, 5.74) is 0. The molecule has 4 nitrogen and oxygen atoms in total. The summed E-state index contributed by atoms with van der Waals surface area (Å²) in [6.07, 6.45) is 4.95. The standard InChI is InChI=1S/C11H21NO3S/c1-16(14,15)7-3-5-11(13)8-10-4-2-6-12-9-10/h10,12H,2-9H2,1H3. The number of ketones is 1. The lowest BCUT2D eigenvalue weighted by molar-refractivity contribution is -0.120. The maximum Gasteiger partial charge on any atom is 0.147 e. The molecule has 1 aliphatic rings. The monoisotopic (exact) mass is 247 g/mol. The summed E-state index contributed by atoms with van der Waals surface area (Å²) in [4.78, 5) is 11.6. The van der Waals surface area contributed by atoms with E-state index in [2.05, 4.69) is 5.32 Å². The Bertz CT molecular complexity index is 318. The predicted octanol–water partition coefficient (Wildman–Crippen LogP) is 0.770. The van der Waals surface area contributed by atoms with E-state index in [-0.39, 0.29) is 11.5 Å². The van der Waals surface area contributed by atoms with Gasteiger partial charge in [0.1, 0.15) is 15.6 Å². The molecule has 1 fully saturated rings. The summed E-state index contributed by atoms with van der Waals surface area (Å²) in [5.74, 6) is 0.790. The molecule has 5 heteroatoms. The molecule has 0 bridgehead atoms. The van der Waals surface area contributed by atoms with Crippen molar-refractivity contribution in [1.82, 2.24) is 5.32 Å². The van der Waals surface area contributed by atoms with Crippen LogP contribution in [0.3, 0.4) is 0 Å². The van der Waals surface area contributed by atoms with Crippen molar-refractivity contribution >= 4 is 15.6 Å². The molecule has 1 atom stereocenters. The number of hydrogen-bond donors (Lipinski definition) is 1. The van der Waals surface area contributed by atoms with Gasteiger partial charge in [-0.25, -0.2) is 8.42 Å². The van der Waals surface area contributed by atoms with Gasteiger partial charge in [-0.15, -0.1) is 0 Å². The fraction of sp³-hybridized carbons (Fsp3) is 0.909. The molecule has 0 saturated carbocycles. The second-order valence-electron chi connectivity index (χ2n) is 4.69. The van der Waals surface area contributed by atoms with E-state index in [1.54, 1.807) is 0 Å². The lowest BCUT2D eigenvalue weighted by Crippen LogP contribution is -2.31. The van der Waals surface area contributed by atoms with Gasteiger partial charge >= 0.3 is 0 Å². The van der Waals surface area contributed by atoms with Crippen molar-refractivity contribution in [2.45, 2.75) is 32.1 Å². The zero-order valence-electron chi connectivity index (χ0n) is 9.87. The van der Waals surface area contributed by atoms with E-state index in [1.165, 1.54) is 6.26 Å². The first-order valence-electron chi connectivity index (χ1n) is 5.87. The number of piperidine rings is 1. The molecule has 0 radical (unpaired) electrons. The van der Waals surface area contributed by atoms with Crippen molar-refractivity contribution in [2.24, 2.45) is 5.92 Å². The molecule has 0 spiro atoms. The molecule has 0 aliphatic carbocycles. The zero-order chi connectivity index (χ0) is 12.0. The summed E-state index contributed by atoms with van der Waals surface area (Å²) in [5, 5.41) is 3.27. The van der Waals surface area contributed by atoms with E-state index in [1.807, 2.05) is 0 Å². The van der Waals surface area contributed by atoms with E-state index in [4.69, 9.17) is 0 Å². The number of sulfone groups is 1. The molecule has 1 N–H and O–H groups in total. The van der Waals surface area contributed by atoms with Crippen LogP contribution >= 0.6 is 0 Å². The Hall–Kier alpha value is -0.420. The molecule has 0 amide bonds. The minimum Gasteiger partial charge on any atom is -0.316 e. The summed E-state index contributed by atoms with van der Waals surface area (Å²) >= 11 is 0. The van der Waals surface area contributed by atoms with Crippen LogP contribution in [-0.2, 0) is 14.6 Å². The SMILES string of the molecule is CS(=O)(=O)CCCC(=O)CC1CCCNC1. The minimum atomic E-state index is -2.92. The van der Waals surface area contributed by atoms with Crippen molar-refractivity contribution in [3.8, 4) is 0 Å². The third-order valence-electron chi connectivity index (χ3n) is 2.89. The van der Waals surface area contributed by atoms with Crippen LogP contribution in [0.5, 0.6) is 0 Å². The Morgan fingerprint density at radius 2 is 2.19 bits per heavy atom. The van der Waals surface area contributed by atoms with E-state index in [0.717, 1.165) is 25.9 Å². The Kier molecular flexibility index (Phi) is 5.41. The molecule has 1 aliphatic heterocycles. The second-order valence-corrected chi connectivity index (χ2v) is 6.95. The van der Waals surface area contributed by atoms with Crippen LogP contribution in [0.4, 0.5) is 0 Å². The normalized spacial score (nSPS) is 21.9. The van der Waals surface area contributed by atoms with Gasteiger partial charge in [-0.3, -0.25) is 4.79 Å². The van der Waals surface area contributed by atoms with E-state index >= 15 is 0 Å². The Balaban J connectivity index is 2.15. The largest absolute Gasteiger partial charge is 0.316 e. The van der Waals surface area contributed by atoms with Gasteiger partial charge in [0.25, 0.3) is 0 Å². The molecule has 1 unspecified atom stereocenters. The van der Waals surface area contributed by atoms with Gasteiger partial charge in [-0.05, 0) is 38.3 Å². The summed E-state index contributed by atoms with van der Waals surface area (Å²) in [6.45, 7) is 1.98. The molecule has 16 heavy (non-hydrogen) atoms. The highest BCUT2D eigenvalue weighted by molar-refractivity contribution is 7.90. The Labute approximate surface area is 97.7 Å². The van der Waals surface area contributed by atoms with Crippen molar-refractivity contribution in [1.29, 1.82) is 0 Å². The number of carbonyl (C=O) groups is 1. The van der Waals surface area contributed by atoms with E-state index < -0.39 is 9.84 Å². The summed E-state index contributed by atoms with van der Waals surface area (Å²) in [6, 6.07) is 0. The molecule has 1 heterocycles. The van der Waals surface area contributed by atoms with Crippen LogP contribution < -0.4 is 5.32 Å². The quantitative estimate of drug-likeness (QED) is 0.753. The number of Topliss-reactive ketones (excluding diaryl/α,β-unsaturated/α-hetero) is 1. The van der Waals surface area contributed by atoms with Gasteiger partial charge in [0.05, 0.1) is 5.75 Å². The molecular formula is C11H21NO3S. The smallest absolute Gasteiger partial charge is 0.147 e. The van der Waals surface area contributed by atoms with Crippen molar-refractivity contribution in [3.05, 3.63) is 0 Å². The second kappa shape index (κ2) is 6.35. The van der Waals surface area contributed by atoms with Crippen molar-refractivity contribution in [3.63, 3.8) is 0 Å². The number of carbonyl (C=O) groups excluding carboxylic acids is 1. The topological polar surface area (TPSA) is 63.2 Å². The highest BCUT2D eigenvalue weighted by atomic mass is 32.2. The van der Waals surface area contributed by atoms with Gasteiger partial charge in [0.2, 0.25) is 0 Å². The van der Waals surface area contributed by atoms with E-state index in [0.29, 0.717) is 25.2 Å². The minimum absolute atomic E-state index is 0.127. The number of rotatable bonds is 6. The molecule has 1 saturated heterocycles. The zero-order valence-corrected chi connectivity index (χ0v) is 10.7. The van der Waals surface area contributed by atoms with Gasteiger partial charge in [-0.2, -0.15) is 0 Å². The van der Waals surface area contributed by atoms with Crippen LogP contribution in [0.25, 0.3) is 0 Å². The molecule has 0 aromatic heterocycles. The highest BCUT2D eigenvalue weighted by Gasteiger charge is 2.16. The maximum atomic E-state index is 11.6. The van der Waals surface area contributed by atoms with Gasteiger partial charge < -0.3 is 5.32 Å². The Morgan fingerprint density at radius 3 is 2.75 bits per heavy atom. The van der Waals surface area contributed by atoms with Gasteiger partial charge in [-0.1, -0.05) is 0 Å². The van der Waals surface area contributed by atoms with Gasteiger partial charge in [0.15, 0.2) is 0 Å².